The Bertz CT molecular complexity index is 661. The molecule has 1 aromatic heterocycles. The zero-order valence-corrected chi connectivity index (χ0v) is 12.7. The van der Waals surface area contributed by atoms with Gasteiger partial charge in [-0.2, -0.15) is 0 Å². The molecule has 1 fully saturated rings. The van der Waals surface area contributed by atoms with Gasteiger partial charge in [0.15, 0.2) is 0 Å². The van der Waals surface area contributed by atoms with E-state index < -0.39 is 0 Å². The van der Waals surface area contributed by atoms with Gasteiger partial charge in [-0.05, 0) is 38.3 Å². The average molecular weight is 305 g/mol. The van der Waals surface area contributed by atoms with E-state index in [0.29, 0.717) is 10.8 Å². The summed E-state index contributed by atoms with van der Waals surface area (Å²) in [6, 6.07) is 7.40. The zero-order valence-electron chi connectivity index (χ0n) is 11.9. The number of piperidine rings is 1. The molecule has 0 aliphatic carbocycles. The maximum absolute atomic E-state index is 12.4. The predicted octanol–water partition coefficient (Wildman–Crippen LogP) is 2.86. The second-order valence-corrected chi connectivity index (χ2v) is 5.61. The molecule has 5 nitrogen and oxygen atoms in total. The van der Waals surface area contributed by atoms with Crippen molar-refractivity contribution >= 4 is 17.5 Å². The van der Waals surface area contributed by atoms with Crippen LogP contribution in [0.1, 0.15) is 35.7 Å². The molecule has 0 saturated carbocycles. The number of aromatic nitrogens is 3. The van der Waals surface area contributed by atoms with Crippen LogP contribution in [0, 0.1) is 6.92 Å². The highest BCUT2D eigenvalue weighted by molar-refractivity contribution is 6.32. The molecule has 0 atom stereocenters. The van der Waals surface area contributed by atoms with Crippen molar-refractivity contribution < 1.29 is 4.79 Å². The summed E-state index contributed by atoms with van der Waals surface area (Å²) in [4.78, 5) is 18.6. The largest absolute Gasteiger partial charge is 0.336 e. The van der Waals surface area contributed by atoms with Crippen molar-refractivity contribution in [3.8, 4) is 5.69 Å². The second kappa shape index (κ2) is 5.85. The van der Waals surface area contributed by atoms with Gasteiger partial charge >= 0.3 is 0 Å². The second-order valence-electron chi connectivity index (χ2n) is 5.20. The number of halogens is 1. The van der Waals surface area contributed by atoms with Gasteiger partial charge in [-0.15, -0.1) is 5.10 Å². The number of hydrogen-bond donors (Lipinski definition) is 0. The summed E-state index contributed by atoms with van der Waals surface area (Å²) in [5, 5.41) is 4.93. The highest BCUT2D eigenvalue weighted by Gasteiger charge is 2.23. The zero-order chi connectivity index (χ0) is 14.8. The Morgan fingerprint density at radius 1 is 1.19 bits per heavy atom. The molecular formula is C15H17ClN4O. The van der Waals surface area contributed by atoms with Crippen LogP contribution in [0.4, 0.5) is 0 Å². The lowest BCUT2D eigenvalue weighted by atomic mass is 10.1. The summed E-state index contributed by atoms with van der Waals surface area (Å²) in [6.07, 6.45) is 3.29. The summed E-state index contributed by atoms with van der Waals surface area (Å²) in [5.74, 6) is 0.807. The fourth-order valence-electron chi connectivity index (χ4n) is 2.57. The Balaban J connectivity index is 1.91. The van der Waals surface area contributed by atoms with Gasteiger partial charge in [-0.3, -0.25) is 4.79 Å². The number of hydrogen-bond acceptors (Lipinski definition) is 3. The summed E-state index contributed by atoms with van der Waals surface area (Å²) in [6.45, 7) is 3.40. The third kappa shape index (κ3) is 2.78. The first-order valence-corrected chi connectivity index (χ1v) is 7.52. The Morgan fingerprint density at radius 2 is 1.90 bits per heavy atom. The number of rotatable bonds is 2. The maximum Gasteiger partial charge on any atom is 0.293 e. The summed E-state index contributed by atoms with van der Waals surface area (Å²) < 4.78 is 1.62. The minimum absolute atomic E-state index is 0.0939. The molecule has 1 aromatic carbocycles. The molecule has 2 heterocycles. The third-order valence-electron chi connectivity index (χ3n) is 3.68. The van der Waals surface area contributed by atoms with E-state index in [1.807, 2.05) is 30.0 Å². The van der Waals surface area contributed by atoms with Crippen LogP contribution in [-0.4, -0.2) is 38.7 Å². The van der Waals surface area contributed by atoms with Crippen molar-refractivity contribution in [2.24, 2.45) is 0 Å². The molecule has 0 spiro atoms. The van der Waals surface area contributed by atoms with Crippen molar-refractivity contribution in [3.05, 3.63) is 40.9 Å². The van der Waals surface area contributed by atoms with Crippen LogP contribution >= 0.6 is 11.6 Å². The van der Waals surface area contributed by atoms with Gasteiger partial charge in [0.25, 0.3) is 5.91 Å². The SMILES string of the molecule is Cc1nc(C(=O)N2CCCCC2)nn1-c1ccccc1Cl. The number of nitrogens with zero attached hydrogens (tertiary/aromatic N) is 4. The molecule has 0 N–H and O–H groups in total. The average Bonchev–Trinajstić information content (AvgIpc) is 2.90. The molecule has 1 amide bonds. The predicted molar refractivity (Wildman–Crippen MR) is 80.9 cm³/mol. The van der Waals surface area contributed by atoms with Crippen molar-refractivity contribution in [3.63, 3.8) is 0 Å². The molecule has 3 rings (SSSR count). The van der Waals surface area contributed by atoms with Crippen LogP contribution in [0.2, 0.25) is 5.02 Å². The van der Waals surface area contributed by atoms with E-state index in [-0.39, 0.29) is 11.7 Å². The monoisotopic (exact) mass is 304 g/mol. The minimum Gasteiger partial charge on any atom is -0.336 e. The van der Waals surface area contributed by atoms with Gasteiger partial charge in [0.05, 0.1) is 10.7 Å². The van der Waals surface area contributed by atoms with Crippen LogP contribution in [0.25, 0.3) is 5.69 Å². The normalized spacial score (nSPS) is 15.2. The van der Waals surface area contributed by atoms with Crippen LogP contribution in [0.3, 0.4) is 0 Å². The highest BCUT2D eigenvalue weighted by atomic mass is 35.5. The van der Waals surface area contributed by atoms with Gasteiger partial charge in [0, 0.05) is 13.1 Å². The Hall–Kier alpha value is -1.88. The molecule has 1 aliphatic rings. The molecule has 110 valence electrons. The lowest BCUT2D eigenvalue weighted by Gasteiger charge is -2.25. The standard InChI is InChI=1S/C15H17ClN4O/c1-11-17-14(15(21)19-9-5-2-6-10-19)18-20(11)13-8-4-3-7-12(13)16/h3-4,7-8H,2,5-6,9-10H2,1H3. The van der Waals surface area contributed by atoms with Crippen molar-refractivity contribution in [1.29, 1.82) is 0 Å². The lowest BCUT2D eigenvalue weighted by Crippen LogP contribution is -2.36. The van der Waals surface area contributed by atoms with Gasteiger partial charge in [0.2, 0.25) is 5.82 Å². The van der Waals surface area contributed by atoms with Gasteiger partial charge in [-0.1, -0.05) is 23.7 Å². The first-order valence-electron chi connectivity index (χ1n) is 7.14. The molecule has 6 heteroatoms. The summed E-state index contributed by atoms with van der Waals surface area (Å²) in [7, 11) is 0. The number of aryl methyl sites for hydroxylation is 1. The Kier molecular flexibility index (Phi) is 3.92. The fraction of sp³-hybridized carbons (Fsp3) is 0.400. The topological polar surface area (TPSA) is 51.0 Å². The van der Waals surface area contributed by atoms with Gasteiger partial charge in [0.1, 0.15) is 5.82 Å². The van der Waals surface area contributed by atoms with Gasteiger partial charge in [-0.25, -0.2) is 9.67 Å². The van der Waals surface area contributed by atoms with Crippen molar-refractivity contribution in [2.75, 3.05) is 13.1 Å². The number of carbonyl (C=O) groups is 1. The van der Waals surface area contributed by atoms with Crippen molar-refractivity contribution in [1.82, 2.24) is 19.7 Å². The first-order chi connectivity index (χ1) is 10.2. The third-order valence-corrected chi connectivity index (χ3v) is 4.00. The van der Waals surface area contributed by atoms with E-state index in [9.17, 15) is 4.79 Å². The summed E-state index contributed by atoms with van der Waals surface area (Å²) in [5.41, 5.74) is 0.738. The molecule has 1 saturated heterocycles. The molecule has 0 unspecified atom stereocenters. The van der Waals surface area contributed by atoms with Gasteiger partial charge < -0.3 is 4.90 Å². The summed E-state index contributed by atoms with van der Waals surface area (Å²) >= 11 is 6.18. The number of likely N-dealkylation sites (tertiary alicyclic amines) is 1. The Morgan fingerprint density at radius 3 is 2.62 bits per heavy atom. The maximum atomic E-state index is 12.4. The van der Waals surface area contributed by atoms with Crippen LogP contribution in [0.5, 0.6) is 0 Å². The molecule has 2 aromatic rings. The highest BCUT2D eigenvalue weighted by Crippen LogP contribution is 2.20. The van der Waals surface area contributed by atoms with E-state index >= 15 is 0 Å². The molecule has 1 aliphatic heterocycles. The Labute approximate surface area is 128 Å². The minimum atomic E-state index is -0.0939. The van der Waals surface area contributed by atoms with E-state index in [1.54, 1.807) is 10.7 Å². The molecular weight excluding hydrogens is 288 g/mol. The number of benzene rings is 1. The first kappa shape index (κ1) is 14.1. The number of para-hydroxylation sites is 1. The lowest BCUT2D eigenvalue weighted by molar-refractivity contribution is 0.0712. The smallest absolute Gasteiger partial charge is 0.293 e. The number of carbonyl (C=O) groups excluding carboxylic acids is 1. The fourth-order valence-corrected chi connectivity index (χ4v) is 2.79. The van der Waals surface area contributed by atoms with Crippen LogP contribution in [-0.2, 0) is 0 Å². The molecule has 0 radical (unpaired) electrons. The van der Waals surface area contributed by atoms with Crippen molar-refractivity contribution in [2.45, 2.75) is 26.2 Å². The van der Waals surface area contributed by atoms with E-state index in [4.69, 9.17) is 11.6 Å². The quantitative estimate of drug-likeness (QED) is 0.857. The van der Waals surface area contributed by atoms with Crippen LogP contribution in [0.15, 0.2) is 24.3 Å². The van der Waals surface area contributed by atoms with Crippen LogP contribution < -0.4 is 0 Å². The number of amides is 1. The van der Waals surface area contributed by atoms with E-state index in [0.717, 1.165) is 31.6 Å². The molecule has 0 bridgehead atoms. The van der Waals surface area contributed by atoms with E-state index in [1.165, 1.54) is 6.42 Å². The molecule has 21 heavy (non-hydrogen) atoms. The van der Waals surface area contributed by atoms with E-state index in [2.05, 4.69) is 10.1 Å².